The number of hydrogen-bond donors (Lipinski definition) is 2. The van der Waals surface area contributed by atoms with E-state index in [-0.39, 0.29) is 30.9 Å². The molecular formula is C12H22Cl2N2O. The van der Waals surface area contributed by atoms with Gasteiger partial charge in [-0.2, -0.15) is 0 Å². The number of benzene rings is 1. The molecule has 1 aromatic rings. The molecule has 0 fully saturated rings. The largest absolute Gasteiger partial charge is 0.392 e. The highest BCUT2D eigenvalue weighted by atomic mass is 35.5. The minimum Gasteiger partial charge on any atom is -0.392 e. The molecule has 0 saturated heterocycles. The van der Waals surface area contributed by atoms with Crippen molar-refractivity contribution in [3.8, 4) is 0 Å². The maximum absolute atomic E-state index is 9.08. The quantitative estimate of drug-likeness (QED) is 0.867. The molecule has 5 heteroatoms. The van der Waals surface area contributed by atoms with Crippen molar-refractivity contribution < 1.29 is 5.11 Å². The Morgan fingerprint density at radius 2 is 1.71 bits per heavy atom. The van der Waals surface area contributed by atoms with Gasteiger partial charge in [-0.1, -0.05) is 12.1 Å². The Kier molecular flexibility index (Phi) is 10.6. The first-order valence-electron chi connectivity index (χ1n) is 5.24. The van der Waals surface area contributed by atoms with Gasteiger partial charge in [-0.05, 0) is 24.6 Å². The van der Waals surface area contributed by atoms with Crippen LogP contribution in [0.3, 0.4) is 0 Å². The van der Waals surface area contributed by atoms with Gasteiger partial charge in [0, 0.05) is 32.9 Å². The molecule has 3 nitrogen and oxygen atoms in total. The van der Waals surface area contributed by atoms with Gasteiger partial charge in [-0.25, -0.2) is 0 Å². The van der Waals surface area contributed by atoms with Crippen molar-refractivity contribution in [2.24, 2.45) is 0 Å². The Bertz CT molecular complexity index is 289. The fourth-order valence-electron chi connectivity index (χ4n) is 1.34. The average molecular weight is 281 g/mol. The van der Waals surface area contributed by atoms with Crippen molar-refractivity contribution in [3.63, 3.8) is 0 Å². The van der Waals surface area contributed by atoms with E-state index in [1.54, 1.807) is 6.92 Å². The summed E-state index contributed by atoms with van der Waals surface area (Å²) in [6, 6.07) is 8.40. The highest BCUT2D eigenvalue weighted by Crippen LogP contribution is 2.11. The topological polar surface area (TPSA) is 35.5 Å². The van der Waals surface area contributed by atoms with E-state index in [1.807, 2.05) is 14.1 Å². The third-order valence-corrected chi connectivity index (χ3v) is 2.22. The molecule has 0 saturated carbocycles. The second kappa shape index (κ2) is 9.54. The predicted molar refractivity (Wildman–Crippen MR) is 78.7 cm³/mol. The monoisotopic (exact) mass is 280 g/mol. The van der Waals surface area contributed by atoms with Crippen LogP contribution in [0.5, 0.6) is 0 Å². The lowest BCUT2D eigenvalue weighted by Crippen LogP contribution is -2.23. The van der Waals surface area contributed by atoms with Crippen molar-refractivity contribution >= 4 is 30.5 Å². The first-order valence-corrected chi connectivity index (χ1v) is 5.24. The van der Waals surface area contributed by atoms with Crippen LogP contribution in [0, 0.1) is 0 Å². The normalized spacial score (nSPS) is 11.1. The van der Waals surface area contributed by atoms with E-state index in [9.17, 15) is 0 Å². The zero-order valence-corrected chi connectivity index (χ0v) is 12.1. The molecule has 1 aromatic carbocycles. The molecular weight excluding hydrogens is 259 g/mol. The number of rotatable bonds is 5. The standard InChI is InChI=1S/C12H20N2O.2ClH/c1-10(15)8-13-9-11-4-6-12(7-5-11)14(2)3;;/h4-7,10,13,15H,8-9H2,1-3H3;2*1H. The molecule has 0 aromatic heterocycles. The maximum atomic E-state index is 9.08. The van der Waals surface area contributed by atoms with Crippen LogP contribution in [0.4, 0.5) is 5.69 Å². The van der Waals surface area contributed by atoms with Crippen molar-refractivity contribution in [1.82, 2.24) is 5.32 Å². The smallest absolute Gasteiger partial charge is 0.0636 e. The molecule has 0 amide bonds. The van der Waals surface area contributed by atoms with E-state index in [2.05, 4.69) is 34.5 Å². The van der Waals surface area contributed by atoms with Gasteiger partial charge in [0.15, 0.2) is 0 Å². The number of nitrogens with one attached hydrogen (secondary N) is 1. The predicted octanol–water partition coefficient (Wildman–Crippen LogP) is 2.07. The second-order valence-electron chi connectivity index (χ2n) is 4.04. The number of halogens is 2. The van der Waals surface area contributed by atoms with Crippen LogP contribution in [-0.4, -0.2) is 31.9 Å². The summed E-state index contributed by atoms with van der Waals surface area (Å²) in [6.07, 6.45) is -0.286. The van der Waals surface area contributed by atoms with Gasteiger partial charge in [0.2, 0.25) is 0 Å². The summed E-state index contributed by atoms with van der Waals surface area (Å²) in [7, 11) is 4.06. The molecule has 0 spiro atoms. The third kappa shape index (κ3) is 7.45. The van der Waals surface area contributed by atoms with Crippen LogP contribution in [-0.2, 0) is 6.54 Å². The van der Waals surface area contributed by atoms with Gasteiger partial charge in [0.1, 0.15) is 0 Å². The van der Waals surface area contributed by atoms with Crippen LogP contribution < -0.4 is 10.2 Å². The summed E-state index contributed by atoms with van der Waals surface area (Å²) in [5, 5.41) is 12.3. The first-order chi connectivity index (χ1) is 7.09. The molecule has 1 unspecified atom stereocenters. The lowest BCUT2D eigenvalue weighted by atomic mass is 10.2. The Labute approximate surface area is 116 Å². The average Bonchev–Trinajstić information content (AvgIpc) is 2.18. The van der Waals surface area contributed by atoms with Crippen LogP contribution in [0.25, 0.3) is 0 Å². The highest BCUT2D eigenvalue weighted by Gasteiger charge is 1.97. The van der Waals surface area contributed by atoms with Gasteiger partial charge >= 0.3 is 0 Å². The summed E-state index contributed by atoms with van der Waals surface area (Å²) >= 11 is 0. The lowest BCUT2D eigenvalue weighted by Gasteiger charge is -2.13. The third-order valence-electron chi connectivity index (χ3n) is 2.22. The fraction of sp³-hybridized carbons (Fsp3) is 0.500. The summed E-state index contributed by atoms with van der Waals surface area (Å²) in [6.45, 7) is 3.22. The van der Waals surface area contributed by atoms with E-state index < -0.39 is 0 Å². The second-order valence-corrected chi connectivity index (χ2v) is 4.04. The van der Waals surface area contributed by atoms with Crippen LogP contribution in [0.1, 0.15) is 12.5 Å². The van der Waals surface area contributed by atoms with Crippen LogP contribution in [0.15, 0.2) is 24.3 Å². The Morgan fingerprint density at radius 1 is 1.18 bits per heavy atom. The zero-order valence-electron chi connectivity index (χ0n) is 10.5. The van der Waals surface area contributed by atoms with E-state index in [0.717, 1.165) is 6.54 Å². The molecule has 1 rings (SSSR count). The number of aliphatic hydroxyl groups is 1. The molecule has 0 aliphatic rings. The zero-order chi connectivity index (χ0) is 11.3. The van der Waals surface area contributed by atoms with E-state index in [1.165, 1.54) is 11.3 Å². The van der Waals surface area contributed by atoms with Crippen molar-refractivity contribution in [1.29, 1.82) is 0 Å². The Hall–Kier alpha value is -0.480. The van der Waals surface area contributed by atoms with Gasteiger partial charge < -0.3 is 15.3 Å². The van der Waals surface area contributed by atoms with Gasteiger partial charge in [0.25, 0.3) is 0 Å². The molecule has 1 atom stereocenters. The molecule has 0 aliphatic carbocycles. The van der Waals surface area contributed by atoms with Crippen LogP contribution in [0.2, 0.25) is 0 Å². The van der Waals surface area contributed by atoms with Crippen molar-refractivity contribution in [2.45, 2.75) is 19.6 Å². The number of hydrogen-bond acceptors (Lipinski definition) is 3. The van der Waals surface area contributed by atoms with E-state index in [0.29, 0.717) is 6.54 Å². The molecule has 0 aliphatic heterocycles. The number of aliphatic hydroxyl groups excluding tert-OH is 1. The Morgan fingerprint density at radius 3 is 2.12 bits per heavy atom. The summed E-state index contributed by atoms with van der Waals surface area (Å²) in [5.41, 5.74) is 2.44. The maximum Gasteiger partial charge on any atom is 0.0636 e. The number of anilines is 1. The van der Waals surface area contributed by atoms with E-state index in [4.69, 9.17) is 5.11 Å². The molecule has 0 radical (unpaired) electrons. The Balaban J connectivity index is 0. The van der Waals surface area contributed by atoms with Crippen molar-refractivity contribution in [3.05, 3.63) is 29.8 Å². The van der Waals surface area contributed by atoms with Gasteiger partial charge in [0.05, 0.1) is 6.10 Å². The number of nitrogens with zero attached hydrogens (tertiary/aromatic N) is 1. The molecule has 0 heterocycles. The first kappa shape index (κ1) is 18.9. The van der Waals surface area contributed by atoms with Gasteiger partial charge in [-0.3, -0.25) is 0 Å². The van der Waals surface area contributed by atoms with E-state index >= 15 is 0 Å². The molecule has 2 N–H and O–H groups in total. The molecule has 100 valence electrons. The van der Waals surface area contributed by atoms with Crippen molar-refractivity contribution in [2.75, 3.05) is 25.5 Å². The van der Waals surface area contributed by atoms with Gasteiger partial charge in [-0.15, -0.1) is 24.8 Å². The fourth-order valence-corrected chi connectivity index (χ4v) is 1.34. The van der Waals surface area contributed by atoms with Crippen LogP contribution >= 0.6 is 24.8 Å². The summed E-state index contributed by atoms with van der Waals surface area (Å²) in [4.78, 5) is 2.08. The highest BCUT2D eigenvalue weighted by molar-refractivity contribution is 5.85. The lowest BCUT2D eigenvalue weighted by molar-refractivity contribution is 0.191. The SMILES string of the molecule is CC(O)CNCc1ccc(N(C)C)cc1.Cl.Cl. The summed E-state index contributed by atoms with van der Waals surface area (Å²) in [5.74, 6) is 0. The summed E-state index contributed by atoms with van der Waals surface area (Å²) < 4.78 is 0. The minimum absolute atomic E-state index is 0. The molecule has 17 heavy (non-hydrogen) atoms. The molecule has 0 bridgehead atoms. The minimum atomic E-state index is -0.286.